The molecular formula is C18H15BrClN3O2. The van der Waals surface area contributed by atoms with E-state index in [1.807, 2.05) is 30.3 Å². The van der Waals surface area contributed by atoms with Crippen LogP contribution in [0.1, 0.15) is 5.56 Å². The first-order valence-corrected chi connectivity index (χ1v) is 8.44. The molecule has 0 aliphatic rings. The maximum absolute atomic E-state index is 12.2. The van der Waals surface area contributed by atoms with Gasteiger partial charge in [-0.15, -0.1) is 0 Å². The van der Waals surface area contributed by atoms with Gasteiger partial charge < -0.3 is 15.4 Å². The summed E-state index contributed by atoms with van der Waals surface area (Å²) in [5, 5.41) is 15.2. The van der Waals surface area contributed by atoms with Crippen molar-refractivity contribution in [1.29, 1.82) is 5.26 Å². The van der Waals surface area contributed by atoms with Gasteiger partial charge in [0, 0.05) is 22.9 Å². The highest BCUT2D eigenvalue weighted by Gasteiger charge is 2.10. The maximum Gasteiger partial charge on any atom is 0.267 e. The normalized spacial score (nSPS) is 10.7. The molecule has 7 heteroatoms. The molecule has 0 saturated heterocycles. The van der Waals surface area contributed by atoms with E-state index in [9.17, 15) is 10.1 Å². The van der Waals surface area contributed by atoms with Crippen molar-refractivity contribution >= 4 is 39.1 Å². The van der Waals surface area contributed by atoms with Gasteiger partial charge in [-0.25, -0.2) is 0 Å². The molecule has 0 radical (unpaired) electrons. The predicted octanol–water partition coefficient (Wildman–Crippen LogP) is 4.25. The van der Waals surface area contributed by atoms with E-state index in [1.54, 1.807) is 18.2 Å². The summed E-state index contributed by atoms with van der Waals surface area (Å²) in [4.78, 5) is 12.2. The van der Waals surface area contributed by atoms with E-state index < -0.39 is 5.91 Å². The summed E-state index contributed by atoms with van der Waals surface area (Å²) in [6.07, 6.45) is 1.39. The number of nitrogens with zero attached hydrogens (tertiary/aromatic N) is 1. The van der Waals surface area contributed by atoms with Crippen molar-refractivity contribution in [2.24, 2.45) is 0 Å². The SMILES string of the molecule is COc1ccc(NC(=O)/C(C#N)=C\NCc2ccccc2Br)cc1Cl. The number of rotatable bonds is 6. The molecule has 2 aromatic rings. The molecule has 2 N–H and O–H groups in total. The lowest BCUT2D eigenvalue weighted by atomic mass is 10.2. The zero-order valence-corrected chi connectivity index (χ0v) is 15.7. The number of benzene rings is 2. The number of hydrogen-bond donors (Lipinski definition) is 2. The van der Waals surface area contributed by atoms with E-state index in [-0.39, 0.29) is 5.57 Å². The van der Waals surface area contributed by atoms with E-state index in [4.69, 9.17) is 16.3 Å². The first-order valence-electron chi connectivity index (χ1n) is 7.27. The summed E-state index contributed by atoms with van der Waals surface area (Å²) in [6.45, 7) is 0.480. The molecule has 0 fully saturated rings. The molecule has 0 aliphatic carbocycles. The minimum atomic E-state index is -0.525. The van der Waals surface area contributed by atoms with Crippen molar-refractivity contribution in [2.75, 3.05) is 12.4 Å². The topological polar surface area (TPSA) is 74.1 Å². The monoisotopic (exact) mass is 419 g/mol. The summed E-state index contributed by atoms with van der Waals surface area (Å²) in [5.41, 5.74) is 1.44. The number of ether oxygens (including phenoxy) is 1. The summed E-state index contributed by atoms with van der Waals surface area (Å²) >= 11 is 9.46. The fraction of sp³-hybridized carbons (Fsp3) is 0.111. The molecule has 0 spiro atoms. The van der Waals surface area contributed by atoms with Gasteiger partial charge in [0.1, 0.15) is 17.4 Å². The van der Waals surface area contributed by atoms with E-state index in [2.05, 4.69) is 26.6 Å². The molecule has 0 bridgehead atoms. The zero-order valence-electron chi connectivity index (χ0n) is 13.3. The van der Waals surface area contributed by atoms with Crippen molar-refractivity contribution in [3.8, 4) is 11.8 Å². The van der Waals surface area contributed by atoms with E-state index >= 15 is 0 Å². The Bertz CT molecular complexity index is 846. The fourth-order valence-electron chi connectivity index (χ4n) is 2.00. The number of carbonyl (C=O) groups excluding carboxylic acids is 1. The van der Waals surface area contributed by atoms with Gasteiger partial charge >= 0.3 is 0 Å². The number of nitriles is 1. The van der Waals surface area contributed by atoms with Gasteiger partial charge in [-0.2, -0.15) is 5.26 Å². The molecule has 0 unspecified atom stereocenters. The minimum absolute atomic E-state index is 0.0426. The fourth-order valence-corrected chi connectivity index (χ4v) is 2.68. The van der Waals surface area contributed by atoms with Gasteiger partial charge in [-0.1, -0.05) is 45.7 Å². The van der Waals surface area contributed by atoms with Crippen LogP contribution in [0.5, 0.6) is 5.75 Å². The largest absolute Gasteiger partial charge is 0.495 e. The highest BCUT2D eigenvalue weighted by atomic mass is 79.9. The summed E-state index contributed by atoms with van der Waals surface area (Å²) in [7, 11) is 1.51. The number of anilines is 1. The Hall–Kier alpha value is -2.49. The third-order valence-electron chi connectivity index (χ3n) is 3.27. The van der Waals surface area contributed by atoms with Crippen LogP contribution in [0.3, 0.4) is 0 Å². The molecule has 0 atom stereocenters. The average Bonchev–Trinajstić information content (AvgIpc) is 2.60. The van der Waals surface area contributed by atoms with E-state index in [1.165, 1.54) is 13.3 Å². The van der Waals surface area contributed by atoms with Crippen LogP contribution in [0.25, 0.3) is 0 Å². The highest BCUT2D eigenvalue weighted by Crippen LogP contribution is 2.27. The van der Waals surface area contributed by atoms with Gasteiger partial charge in [0.05, 0.1) is 12.1 Å². The second-order valence-corrected chi connectivity index (χ2v) is 6.21. The van der Waals surface area contributed by atoms with Gasteiger partial charge in [-0.3, -0.25) is 4.79 Å². The van der Waals surface area contributed by atoms with Crippen molar-refractivity contribution in [3.63, 3.8) is 0 Å². The second-order valence-electron chi connectivity index (χ2n) is 4.95. The van der Waals surface area contributed by atoms with Crippen molar-refractivity contribution in [2.45, 2.75) is 6.54 Å². The first kappa shape index (κ1) is 18.8. The Labute approximate surface area is 159 Å². The Balaban J connectivity index is 2.02. The van der Waals surface area contributed by atoms with Crippen LogP contribution >= 0.6 is 27.5 Å². The van der Waals surface area contributed by atoms with Crippen LogP contribution in [0.15, 0.2) is 58.7 Å². The standard InChI is InChI=1S/C18H15BrClN3O2/c1-25-17-7-6-14(8-16(17)20)23-18(24)13(9-21)11-22-10-12-4-2-3-5-15(12)19/h2-8,11,22H,10H2,1H3,(H,23,24)/b13-11-. The van der Waals surface area contributed by atoms with Crippen molar-refractivity contribution < 1.29 is 9.53 Å². The maximum atomic E-state index is 12.2. The second kappa shape index (κ2) is 9.11. The summed E-state index contributed by atoms with van der Waals surface area (Å²) in [5.74, 6) is -0.0193. The molecule has 128 valence electrons. The molecule has 0 saturated carbocycles. The van der Waals surface area contributed by atoms with Gasteiger partial charge in [-0.05, 0) is 29.8 Å². The lowest BCUT2D eigenvalue weighted by Crippen LogP contribution is -2.16. The van der Waals surface area contributed by atoms with Crippen LogP contribution in [0, 0.1) is 11.3 Å². The zero-order chi connectivity index (χ0) is 18.2. The van der Waals surface area contributed by atoms with Crippen LogP contribution in [0.2, 0.25) is 5.02 Å². The van der Waals surface area contributed by atoms with Crippen LogP contribution in [0.4, 0.5) is 5.69 Å². The number of nitrogens with one attached hydrogen (secondary N) is 2. The van der Waals surface area contributed by atoms with Crippen LogP contribution < -0.4 is 15.4 Å². The number of carbonyl (C=O) groups is 1. The lowest BCUT2D eigenvalue weighted by Gasteiger charge is -2.08. The smallest absolute Gasteiger partial charge is 0.267 e. The molecule has 2 aromatic carbocycles. The molecule has 25 heavy (non-hydrogen) atoms. The number of halogens is 2. The first-order chi connectivity index (χ1) is 12.0. The predicted molar refractivity (Wildman–Crippen MR) is 101 cm³/mol. The van der Waals surface area contributed by atoms with Gasteiger partial charge in [0.25, 0.3) is 5.91 Å². The molecule has 0 aromatic heterocycles. The third kappa shape index (κ3) is 5.24. The number of amides is 1. The van der Waals surface area contributed by atoms with Gasteiger partial charge in [0.15, 0.2) is 0 Å². The summed E-state index contributed by atoms with van der Waals surface area (Å²) < 4.78 is 6.01. The lowest BCUT2D eigenvalue weighted by molar-refractivity contribution is -0.112. The Morgan fingerprint density at radius 1 is 1.36 bits per heavy atom. The number of methoxy groups -OCH3 is 1. The molecule has 0 heterocycles. The Kier molecular flexibility index (Phi) is 6.87. The van der Waals surface area contributed by atoms with Crippen LogP contribution in [-0.4, -0.2) is 13.0 Å². The minimum Gasteiger partial charge on any atom is -0.495 e. The van der Waals surface area contributed by atoms with E-state index in [0.717, 1.165) is 10.0 Å². The number of hydrogen-bond acceptors (Lipinski definition) is 4. The van der Waals surface area contributed by atoms with E-state index in [0.29, 0.717) is 23.0 Å². The molecule has 1 amide bonds. The van der Waals surface area contributed by atoms with Crippen molar-refractivity contribution in [3.05, 3.63) is 69.3 Å². The Morgan fingerprint density at radius 2 is 2.12 bits per heavy atom. The van der Waals surface area contributed by atoms with Crippen LogP contribution in [-0.2, 0) is 11.3 Å². The molecule has 5 nitrogen and oxygen atoms in total. The molecule has 0 aliphatic heterocycles. The Morgan fingerprint density at radius 3 is 2.76 bits per heavy atom. The highest BCUT2D eigenvalue weighted by molar-refractivity contribution is 9.10. The average molecular weight is 421 g/mol. The molecular weight excluding hydrogens is 406 g/mol. The third-order valence-corrected chi connectivity index (χ3v) is 4.34. The molecule has 2 rings (SSSR count). The summed E-state index contributed by atoms with van der Waals surface area (Å²) in [6, 6.07) is 14.4. The van der Waals surface area contributed by atoms with Gasteiger partial charge in [0.2, 0.25) is 0 Å². The van der Waals surface area contributed by atoms with Crippen molar-refractivity contribution in [1.82, 2.24) is 5.32 Å². The quantitative estimate of drug-likeness (QED) is 0.541.